The molecule has 0 aromatic heterocycles. The van der Waals surface area contributed by atoms with Crippen molar-refractivity contribution in [2.45, 2.75) is 47.4 Å². The van der Waals surface area contributed by atoms with E-state index in [0.29, 0.717) is 11.8 Å². The van der Waals surface area contributed by atoms with Gasteiger partial charge < -0.3 is 9.47 Å². The molecule has 12 heteroatoms. The normalized spacial score (nSPS) is 23.3. The molecule has 9 nitrogen and oxygen atoms in total. The topological polar surface area (TPSA) is 129 Å². The van der Waals surface area contributed by atoms with Gasteiger partial charge >= 0.3 is 0 Å². The van der Waals surface area contributed by atoms with Gasteiger partial charge in [0.15, 0.2) is 6.29 Å². The smallest absolute Gasteiger partial charge is 0.297 e. The Morgan fingerprint density at radius 1 is 0.939 bits per heavy atom. The van der Waals surface area contributed by atoms with Crippen molar-refractivity contribution in [3.8, 4) is 5.40 Å². The third-order valence-corrected chi connectivity index (χ3v) is 8.50. The molecule has 0 amide bonds. The lowest BCUT2D eigenvalue weighted by Gasteiger charge is -2.20. The molecule has 0 unspecified atom stereocenters. The Morgan fingerprint density at radius 3 is 1.94 bits per heavy atom. The predicted octanol–water partition coefficient (Wildman–Crippen LogP) is 2.74. The summed E-state index contributed by atoms with van der Waals surface area (Å²) in [6, 6.07) is 12.2. The summed E-state index contributed by atoms with van der Waals surface area (Å²) in [5, 5.41) is 10.2. The number of nitrogens with zero attached hydrogens (tertiary/aromatic N) is 1. The highest BCUT2D eigenvalue weighted by Crippen LogP contribution is 2.36. The van der Waals surface area contributed by atoms with Gasteiger partial charge in [0, 0.05) is 7.11 Å². The summed E-state index contributed by atoms with van der Waals surface area (Å²) < 4.78 is 72.1. The standard InChI is InChI=1S/C21H23NO8S3/c1-14-4-8-16(9-5-14)32(23,24)28-12-18-20(31-13-22)19(21(27-3)29-18)30-33(25,26)17-10-6-15(2)7-11-17/h4-11,18-21H,12H2,1-3H3/t18-,19-,20+,21+/m0/s1. The maximum absolute atomic E-state index is 12.8. The molecule has 1 heterocycles. The number of hydrogen-bond acceptors (Lipinski definition) is 10. The van der Waals surface area contributed by atoms with Crippen LogP contribution in [0.5, 0.6) is 0 Å². The Kier molecular flexibility index (Phi) is 8.17. The van der Waals surface area contributed by atoms with Gasteiger partial charge in [-0.05, 0) is 49.9 Å². The first-order valence-electron chi connectivity index (χ1n) is 9.76. The van der Waals surface area contributed by atoms with Gasteiger partial charge in [-0.25, -0.2) is 0 Å². The maximum atomic E-state index is 12.8. The second-order valence-corrected chi connectivity index (χ2v) is 11.5. The number of hydrogen-bond donors (Lipinski definition) is 0. The zero-order valence-corrected chi connectivity index (χ0v) is 20.5. The summed E-state index contributed by atoms with van der Waals surface area (Å²) in [6.07, 6.45) is -3.36. The highest BCUT2D eigenvalue weighted by Gasteiger charge is 2.49. The lowest BCUT2D eigenvalue weighted by atomic mass is 10.2. The number of rotatable bonds is 9. The van der Waals surface area contributed by atoms with Crippen LogP contribution >= 0.6 is 11.8 Å². The third-order valence-electron chi connectivity index (χ3n) is 4.93. The SMILES string of the molecule is CO[C@@H]1O[C@@H](COS(=O)(=O)c2ccc(C)cc2)[C@@H](SC#N)[C@@H]1OS(=O)(=O)c1ccc(C)cc1. The molecule has 0 N–H and O–H groups in total. The molecule has 0 spiro atoms. The van der Waals surface area contributed by atoms with Crippen LogP contribution in [0.4, 0.5) is 0 Å². The van der Waals surface area contributed by atoms with E-state index < -0.39 is 50.6 Å². The molecule has 1 aliphatic rings. The molecule has 4 atom stereocenters. The molecule has 1 aliphatic heterocycles. The number of benzene rings is 2. The summed E-state index contributed by atoms with van der Waals surface area (Å²) in [5.41, 5.74) is 1.76. The summed E-state index contributed by atoms with van der Waals surface area (Å²) in [7, 11) is -7.02. The van der Waals surface area contributed by atoms with Crippen molar-refractivity contribution in [2.24, 2.45) is 0 Å². The van der Waals surface area contributed by atoms with Crippen molar-refractivity contribution < 1.29 is 34.7 Å². The van der Waals surface area contributed by atoms with E-state index in [-0.39, 0.29) is 9.79 Å². The van der Waals surface area contributed by atoms with Gasteiger partial charge in [-0.2, -0.15) is 22.1 Å². The summed E-state index contributed by atoms with van der Waals surface area (Å²) in [4.78, 5) is -0.0982. The molecule has 0 aliphatic carbocycles. The average molecular weight is 514 g/mol. The highest BCUT2D eigenvalue weighted by atomic mass is 32.2. The minimum absolute atomic E-state index is 0.0337. The van der Waals surface area contributed by atoms with Crippen LogP contribution in [0.25, 0.3) is 0 Å². The Hall–Kier alpha value is -1.98. The van der Waals surface area contributed by atoms with Crippen molar-refractivity contribution in [3.05, 3.63) is 59.7 Å². The molecule has 0 bridgehead atoms. The molecule has 2 aromatic carbocycles. The Bertz CT molecular complexity index is 1210. The monoisotopic (exact) mass is 513 g/mol. The second-order valence-electron chi connectivity index (χ2n) is 7.33. The van der Waals surface area contributed by atoms with Crippen molar-refractivity contribution in [2.75, 3.05) is 13.7 Å². The summed E-state index contributed by atoms with van der Waals surface area (Å²) >= 11 is 0.697. The number of thioether (sulfide) groups is 1. The lowest BCUT2D eigenvalue weighted by Crippen LogP contribution is -2.37. The zero-order chi connectivity index (χ0) is 24.2. The minimum atomic E-state index is -4.21. The van der Waals surface area contributed by atoms with Gasteiger partial charge in [0.25, 0.3) is 20.2 Å². The zero-order valence-electron chi connectivity index (χ0n) is 18.1. The predicted molar refractivity (Wildman–Crippen MR) is 120 cm³/mol. The quantitative estimate of drug-likeness (QED) is 0.364. The Balaban J connectivity index is 1.79. The van der Waals surface area contributed by atoms with Gasteiger partial charge in [0.1, 0.15) is 17.6 Å². The summed E-state index contributed by atoms with van der Waals surface area (Å²) in [6.45, 7) is 3.18. The van der Waals surface area contributed by atoms with Crippen LogP contribution in [-0.2, 0) is 38.1 Å². The van der Waals surface area contributed by atoms with Crippen LogP contribution in [0.15, 0.2) is 58.3 Å². The van der Waals surface area contributed by atoms with E-state index in [1.165, 1.54) is 31.4 Å². The first-order chi connectivity index (χ1) is 15.6. The van der Waals surface area contributed by atoms with E-state index in [4.69, 9.17) is 17.8 Å². The number of ether oxygens (including phenoxy) is 2. The molecule has 2 aromatic rings. The van der Waals surface area contributed by atoms with Gasteiger partial charge in [-0.15, -0.1) is 0 Å². The van der Waals surface area contributed by atoms with E-state index in [1.54, 1.807) is 24.3 Å². The molecule has 33 heavy (non-hydrogen) atoms. The van der Waals surface area contributed by atoms with Crippen LogP contribution < -0.4 is 0 Å². The van der Waals surface area contributed by atoms with Crippen molar-refractivity contribution in [1.82, 2.24) is 0 Å². The number of nitriles is 1. The van der Waals surface area contributed by atoms with E-state index in [9.17, 15) is 22.1 Å². The molecule has 0 saturated carbocycles. The lowest BCUT2D eigenvalue weighted by molar-refractivity contribution is -0.146. The molecule has 0 radical (unpaired) electrons. The third kappa shape index (κ3) is 6.13. The number of thiocyanates is 1. The minimum Gasteiger partial charge on any atom is -0.353 e. The first-order valence-corrected chi connectivity index (χ1v) is 13.5. The maximum Gasteiger partial charge on any atom is 0.297 e. The largest absolute Gasteiger partial charge is 0.353 e. The fourth-order valence-electron chi connectivity index (χ4n) is 3.16. The van der Waals surface area contributed by atoms with Crippen LogP contribution in [0.1, 0.15) is 11.1 Å². The number of methoxy groups -OCH3 is 1. The first kappa shape index (κ1) is 25.6. The molecule has 1 saturated heterocycles. The van der Waals surface area contributed by atoms with Crippen LogP contribution in [0.2, 0.25) is 0 Å². The number of aryl methyl sites for hydroxylation is 2. The van der Waals surface area contributed by atoms with Crippen molar-refractivity contribution in [3.63, 3.8) is 0 Å². The molecule has 178 valence electrons. The van der Waals surface area contributed by atoms with E-state index >= 15 is 0 Å². The van der Waals surface area contributed by atoms with Crippen LogP contribution in [0.3, 0.4) is 0 Å². The van der Waals surface area contributed by atoms with Crippen molar-refractivity contribution in [1.29, 1.82) is 5.26 Å². The molecule has 3 rings (SSSR count). The van der Waals surface area contributed by atoms with Crippen LogP contribution in [0, 0.1) is 24.5 Å². The van der Waals surface area contributed by atoms with E-state index in [0.717, 1.165) is 11.1 Å². The fourth-order valence-corrected chi connectivity index (χ4v) is 5.96. The van der Waals surface area contributed by atoms with E-state index in [1.807, 2.05) is 19.2 Å². The highest BCUT2D eigenvalue weighted by molar-refractivity contribution is 8.04. The molecule has 1 fully saturated rings. The average Bonchev–Trinajstić information content (AvgIpc) is 3.09. The van der Waals surface area contributed by atoms with Gasteiger partial charge in [-0.1, -0.05) is 35.4 Å². The Morgan fingerprint density at radius 2 is 1.45 bits per heavy atom. The van der Waals surface area contributed by atoms with Gasteiger partial charge in [0.2, 0.25) is 0 Å². The Labute approximate surface area is 197 Å². The van der Waals surface area contributed by atoms with Gasteiger partial charge in [0.05, 0.1) is 21.6 Å². The van der Waals surface area contributed by atoms with Crippen LogP contribution in [-0.4, -0.2) is 54.3 Å². The van der Waals surface area contributed by atoms with Gasteiger partial charge in [-0.3, -0.25) is 8.37 Å². The molecular weight excluding hydrogens is 490 g/mol. The van der Waals surface area contributed by atoms with Crippen molar-refractivity contribution >= 4 is 32.0 Å². The molecular formula is C21H23NO8S3. The van der Waals surface area contributed by atoms with E-state index in [2.05, 4.69) is 0 Å². The summed E-state index contributed by atoms with van der Waals surface area (Å²) in [5.74, 6) is 0. The fraction of sp³-hybridized carbons (Fsp3) is 0.381. The second kappa shape index (κ2) is 10.5.